The molecule has 1 saturated heterocycles. The molecule has 21 heavy (non-hydrogen) atoms. The van der Waals surface area contributed by atoms with E-state index in [2.05, 4.69) is 16.8 Å². The SMILES string of the molecule is COc1cccc(CN=C(N)N2CCCC(C)C2)c1O.I. The number of hydrogen-bond donors (Lipinski definition) is 2. The van der Waals surface area contributed by atoms with Crippen LogP contribution in [0, 0.1) is 5.92 Å². The zero-order valence-electron chi connectivity index (χ0n) is 12.6. The Morgan fingerprint density at radius 3 is 2.95 bits per heavy atom. The number of methoxy groups -OCH3 is 1. The predicted octanol–water partition coefficient (Wildman–Crippen LogP) is 2.57. The quantitative estimate of drug-likeness (QED) is 0.461. The fourth-order valence-electron chi connectivity index (χ4n) is 2.52. The lowest BCUT2D eigenvalue weighted by atomic mass is 10.0. The van der Waals surface area contributed by atoms with Crippen LogP contribution in [0.2, 0.25) is 0 Å². The normalized spacial score (nSPS) is 19.0. The smallest absolute Gasteiger partial charge is 0.191 e. The van der Waals surface area contributed by atoms with E-state index in [1.165, 1.54) is 13.5 Å². The molecule has 0 aromatic heterocycles. The summed E-state index contributed by atoms with van der Waals surface area (Å²) in [5.74, 6) is 1.81. The van der Waals surface area contributed by atoms with Gasteiger partial charge in [-0.2, -0.15) is 0 Å². The van der Waals surface area contributed by atoms with Gasteiger partial charge in [0.2, 0.25) is 0 Å². The van der Waals surface area contributed by atoms with Crippen LogP contribution < -0.4 is 10.5 Å². The van der Waals surface area contributed by atoms with Crippen molar-refractivity contribution in [3.63, 3.8) is 0 Å². The highest BCUT2D eigenvalue weighted by molar-refractivity contribution is 14.0. The fourth-order valence-corrected chi connectivity index (χ4v) is 2.52. The number of nitrogens with two attached hydrogens (primary N) is 1. The Kier molecular flexibility index (Phi) is 7.07. The second-order valence-corrected chi connectivity index (χ2v) is 5.34. The zero-order valence-corrected chi connectivity index (χ0v) is 14.9. The average Bonchev–Trinajstić information content (AvgIpc) is 2.46. The van der Waals surface area contributed by atoms with Gasteiger partial charge in [-0.05, 0) is 24.8 Å². The highest BCUT2D eigenvalue weighted by atomic mass is 127. The lowest BCUT2D eigenvalue weighted by molar-refractivity contribution is 0.270. The van der Waals surface area contributed by atoms with Gasteiger partial charge < -0.3 is 20.5 Å². The van der Waals surface area contributed by atoms with Gasteiger partial charge >= 0.3 is 0 Å². The largest absolute Gasteiger partial charge is 0.504 e. The van der Waals surface area contributed by atoms with E-state index in [-0.39, 0.29) is 29.7 Å². The van der Waals surface area contributed by atoms with Gasteiger partial charge in [-0.15, -0.1) is 24.0 Å². The maximum Gasteiger partial charge on any atom is 0.191 e. The average molecular weight is 405 g/mol. The molecule has 0 bridgehead atoms. The fraction of sp³-hybridized carbons (Fsp3) is 0.533. The molecular weight excluding hydrogens is 381 g/mol. The number of para-hydroxylation sites is 1. The highest BCUT2D eigenvalue weighted by Crippen LogP contribution is 2.29. The predicted molar refractivity (Wildman–Crippen MR) is 95.4 cm³/mol. The molecule has 5 nitrogen and oxygen atoms in total. The number of ether oxygens (including phenoxy) is 1. The summed E-state index contributed by atoms with van der Waals surface area (Å²) < 4.78 is 5.08. The molecule has 1 heterocycles. The number of halogens is 1. The Morgan fingerprint density at radius 2 is 2.29 bits per heavy atom. The lowest BCUT2D eigenvalue weighted by Crippen LogP contribution is -2.43. The van der Waals surface area contributed by atoms with Crippen molar-refractivity contribution in [2.45, 2.75) is 26.3 Å². The number of guanidine groups is 1. The van der Waals surface area contributed by atoms with Crippen LogP contribution >= 0.6 is 24.0 Å². The van der Waals surface area contributed by atoms with Gasteiger partial charge in [0, 0.05) is 18.7 Å². The first-order valence-electron chi connectivity index (χ1n) is 7.01. The molecule has 1 unspecified atom stereocenters. The van der Waals surface area contributed by atoms with Crippen molar-refractivity contribution in [1.82, 2.24) is 4.90 Å². The van der Waals surface area contributed by atoms with Crippen molar-refractivity contribution in [3.8, 4) is 11.5 Å². The number of rotatable bonds is 3. The van der Waals surface area contributed by atoms with E-state index >= 15 is 0 Å². The molecule has 2 rings (SSSR count). The van der Waals surface area contributed by atoms with Crippen molar-refractivity contribution < 1.29 is 9.84 Å². The number of benzene rings is 1. The Bertz CT molecular complexity index is 494. The van der Waals surface area contributed by atoms with Gasteiger partial charge in [-0.3, -0.25) is 0 Å². The van der Waals surface area contributed by atoms with Gasteiger partial charge in [0.15, 0.2) is 17.5 Å². The van der Waals surface area contributed by atoms with E-state index in [1.54, 1.807) is 6.07 Å². The van der Waals surface area contributed by atoms with Crippen molar-refractivity contribution in [2.75, 3.05) is 20.2 Å². The molecule has 1 aromatic carbocycles. The molecule has 1 aromatic rings. The summed E-state index contributed by atoms with van der Waals surface area (Å²) in [6.07, 6.45) is 2.41. The van der Waals surface area contributed by atoms with E-state index in [4.69, 9.17) is 10.5 Å². The summed E-state index contributed by atoms with van der Waals surface area (Å²) in [6, 6.07) is 5.38. The third-order valence-corrected chi connectivity index (χ3v) is 3.69. The van der Waals surface area contributed by atoms with Crippen molar-refractivity contribution in [2.24, 2.45) is 16.6 Å². The Morgan fingerprint density at radius 1 is 1.52 bits per heavy atom. The molecule has 1 aliphatic rings. The number of piperidine rings is 1. The maximum absolute atomic E-state index is 10.0. The monoisotopic (exact) mass is 405 g/mol. The second-order valence-electron chi connectivity index (χ2n) is 5.34. The molecule has 0 spiro atoms. The van der Waals surface area contributed by atoms with Crippen LogP contribution in [-0.4, -0.2) is 36.2 Å². The molecule has 0 aliphatic carbocycles. The van der Waals surface area contributed by atoms with Gasteiger partial charge in [-0.1, -0.05) is 19.1 Å². The van der Waals surface area contributed by atoms with Crippen LogP contribution in [0.5, 0.6) is 11.5 Å². The summed E-state index contributed by atoms with van der Waals surface area (Å²) in [6.45, 7) is 4.51. The topological polar surface area (TPSA) is 71.1 Å². The summed E-state index contributed by atoms with van der Waals surface area (Å²) in [4.78, 5) is 6.51. The number of aromatic hydroxyl groups is 1. The standard InChI is InChI=1S/C15H23N3O2.HI/c1-11-5-4-8-18(10-11)15(16)17-9-12-6-3-7-13(20-2)14(12)19;/h3,6-7,11,19H,4-5,8-10H2,1-2H3,(H2,16,17);1H. The first-order valence-corrected chi connectivity index (χ1v) is 7.01. The summed E-state index contributed by atoms with van der Waals surface area (Å²) in [7, 11) is 1.53. The van der Waals surface area contributed by atoms with Gasteiger partial charge in [-0.25, -0.2) is 4.99 Å². The highest BCUT2D eigenvalue weighted by Gasteiger charge is 2.17. The molecule has 6 heteroatoms. The van der Waals surface area contributed by atoms with E-state index < -0.39 is 0 Å². The van der Waals surface area contributed by atoms with Crippen LogP contribution in [0.15, 0.2) is 23.2 Å². The van der Waals surface area contributed by atoms with Crippen LogP contribution in [-0.2, 0) is 6.54 Å². The molecule has 0 amide bonds. The number of phenolic OH excluding ortho intramolecular Hbond substituents is 1. The van der Waals surface area contributed by atoms with Crippen molar-refractivity contribution in [3.05, 3.63) is 23.8 Å². The second kappa shape index (κ2) is 8.31. The molecule has 0 saturated carbocycles. The van der Waals surface area contributed by atoms with Crippen molar-refractivity contribution >= 4 is 29.9 Å². The first-order chi connectivity index (χ1) is 9.61. The number of nitrogens with zero attached hydrogens (tertiary/aromatic N) is 2. The Hall–Kier alpha value is -1.18. The van der Waals surface area contributed by atoms with E-state index in [1.807, 2.05) is 12.1 Å². The third kappa shape index (κ3) is 4.66. The van der Waals surface area contributed by atoms with E-state index in [0.717, 1.165) is 25.1 Å². The number of aliphatic imine (C=N–C) groups is 1. The van der Waals surface area contributed by atoms with Crippen LogP contribution in [0.4, 0.5) is 0 Å². The van der Waals surface area contributed by atoms with Gasteiger partial charge in [0.25, 0.3) is 0 Å². The minimum Gasteiger partial charge on any atom is -0.504 e. The molecule has 118 valence electrons. The van der Waals surface area contributed by atoms with Crippen LogP contribution in [0.3, 0.4) is 0 Å². The molecular formula is C15H24IN3O2. The maximum atomic E-state index is 10.0. The Balaban J connectivity index is 0.00000220. The minimum atomic E-state index is 0. The molecule has 1 atom stereocenters. The van der Waals surface area contributed by atoms with Gasteiger partial charge in [0.05, 0.1) is 13.7 Å². The van der Waals surface area contributed by atoms with Crippen LogP contribution in [0.1, 0.15) is 25.3 Å². The third-order valence-electron chi connectivity index (χ3n) is 3.69. The molecule has 1 fully saturated rings. The molecule has 3 N–H and O–H groups in total. The van der Waals surface area contributed by atoms with E-state index in [0.29, 0.717) is 24.2 Å². The zero-order chi connectivity index (χ0) is 14.5. The lowest BCUT2D eigenvalue weighted by Gasteiger charge is -2.31. The molecule has 1 aliphatic heterocycles. The number of likely N-dealkylation sites (tertiary alicyclic amines) is 1. The number of hydrogen-bond acceptors (Lipinski definition) is 3. The van der Waals surface area contributed by atoms with E-state index in [9.17, 15) is 5.11 Å². The summed E-state index contributed by atoms with van der Waals surface area (Å²) in [5.41, 5.74) is 6.76. The number of phenols is 1. The molecule has 0 radical (unpaired) electrons. The summed E-state index contributed by atoms with van der Waals surface area (Å²) in [5, 5.41) is 10.0. The van der Waals surface area contributed by atoms with Crippen LogP contribution in [0.25, 0.3) is 0 Å². The summed E-state index contributed by atoms with van der Waals surface area (Å²) >= 11 is 0. The first kappa shape index (κ1) is 17.9. The van der Waals surface area contributed by atoms with Gasteiger partial charge in [0.1, 0.15) is 0 Å². The Labute approximate surface area is 143 Å². The van der Waals surface area contributed by atoms with Crippen molar-refractivity contribution in [1.29, 1.82) is 0 Å². The minimum absolute atomic E-state index is 0.